The molecule has 0 atom stereocenters. The number of hydrogen-bond donors (Lipinski definition) is 1. The summed E-state index contributed by atoms with van der Waals surface area (Å²) in [5.74, 6) is 0.666. The molecule has 0 radical (unpaired) electrons. The molecule has 0 amide bonds. The van der Waals surface area contributed by atoms with Gasteiger partial charge in [0.05, 0.1) is 17.5 Å². The van der Waals surface area contributed by atoms with E-state index in [9.17, 15) is 0 Å². The lowest BCUT2D eigenvalue weighted by Crippen LogP contribution is -1.91. The first kappa shape index (κ1) is 8.56. The van der Waals surface area contributed by atoms with Crippen LogP contribution in [-0.2, 0) is 0 Å². The number of hydrogen-bond acceptors (Lipinski definition) is 2. The molecule has 1 aromatic heterocycles. The van der Waals surface area contributed by atoms with E-state index in [-0.39, 0.29) is 0 Å². The highest BCUT2D eigenvalue weighted by Crippen LogP contribution is 2.25. The van der Waals surface area contributed by atoms with Gasteiger partial charge in [0.1, 0.15) is 0 Å². The van der Waals surface area contributed by atoms with Crippen molar-refractivity contribution in [3.05, 3.63) is 22.7 Å². The molecule has 2 rings (SSSR count). The maximum atomic E-state index is 5.35. The van der Waals surface area contributed by atoms with Crippen molar-refractivity contribution < 1.29 is 4.74 Å². The van der Waals surface area contributed by atoms with Gasteiger partial charge in [0.2, 0.25) is 5.88 Å². The Balaban J connectivity index is 2.58. The number of nitrogens with zero attached hydrogens (tertiary/aromatic N) is 1. The van der Waals surface area contributed by atoms with Crippen molar-refractivity contribution in [2.24, 2.45) is 0 Å². The van der Waals surface area contributed by atoms with E-state index >= 15 is 0 Å². The average molecular weight is 241 g/mol. The third kappa shape index (κ3) is 1.54. The number of aromatic amines is 1. The molecule has 0 aliphatic carbocycles. The van der Waals surface area contributed by atoms with Gasteiger partial charge in [-0.05, 0) is 25.1 Å². The maximum absolute atomic E-state index is 5.35. The molecule has 1 heterocycles. The molecule has 13 heavy (non-hydrogen) atoms. The van der Waals surface area contributed by atoms with Crippen molar-refractivity contribution in [3.63, 3.8) is 0 Å². The predicted octanol–water partition coefficient (Wildman–Crippen LogP) is 2.72. The van der Waals surface area contributed by atoms with Gasteiger partial charge in [0, 0.05) is 4.47 Å². The van der Waals surface area contributed by atoms with Gasteiger partial charge in [-0.15, -0.1) is 5.10 Å². The second-order valence-corrected chi connectivity index (χ2v) is 3.57. The fourth-order valence-electron chi connectivity index (χ4n) is 1.21. The van der Waals surface area contributed by atoms with E-state index in [1.807, 2.05) is 25.1 Å². The van der Waals surface area contributed by atoms with Crippen LogP contribution in [0.15, 0.2) is 22.7 Å². The average Bonchev–Trinajstić information content (AvgIpc) is 2.49. The molecule has 0 aliphatic heterocycles. The van der Waals surface area contributed by atoms with E-state index in [2.05, 4.69) is 26.1 Å². The molecular weight excluding hydrogens is 232 g/mol. The zero-order valence-corrected chi connectivity index (χ0v) is 8.76. The molecule has 1 N–H and O–H groups in total. The summed E-state index contributed by atoms with van der Waals surface area (Å²) in [6, 6.07) is 5.93. The molecule has 4 heteroatoms. The second kappa shape index (κ2) is 3.38. The fourth-order valence-corrected chi connectivity index (χ4v) is 1.57. The van der Waals surface area contributed by atoms with Crippen LogP contribution in [0.5, 0.6) is 5.88 Å². The van der Waals surface area contributed by atoms with Crippen LogP contribution < -0.4 is 4.74 Å². The smallest absolute Gasteiger partial charge is 0.240 e. The van der Waals surface area contributed by atoms with Crippen LogP contribution in [-0.4, -0.2) is 16.8 Å². The number of H-pyrrole nitrogens is 1. The van der Waals surface area contributed by atoms with Gasteiger partial charge in [-0.2, -0.15) is 0 Å². The summed E-state index contributed by atoms with van der Waals surface area (Å²) in [6.45, 7) is 2.57. The first-order valence-electron chi connectivity index (χ1n) is 4.07. The summed E-state index contributed by atoms with van der Waals surface area (Å²) < 4.78 is 6.38. The second-order valence-electron chi connectivity index (χ2n) is 2.65. The summed E-state index contributed by atoms with van der Waals surface area (Å²) >= 11 is 3.41. The highest BCUT2D eigenvalue weighted by atomic mass is 79.9. The molecule has 0 saturated carbocycles. The molecule has 0 saturated heterocycles. The van der Waals surface area contributed by atoms with Gasteiger partial charge in [-0.1, -0.05) is 15.9 Å². The Morgan fingerprint density at radius 2 is 2.38 bits per heavy atom. The quantitative estimate of drug-likeness (QED) is 0.877. The molecule has 0 unspecified atom stereocenters. The number of halogens is 1. The SMILES string of the molecule is CCOc1n[nH]c2ccc(Br)cc12. The van der Waals surface area contributed by atoms with E-state index in [0.29, 0.717) is 12.5 Å². The molecule has 0 spiro atoms. The number of benzene rings is 1. The van der Waals surface area contributed by atoms with Crippen molar-refractivity contribution in [1.29, 1.82) is 0 Å². The van der Waals surface area contributed by atoms with Crippen molar-refractivity contribution >= 4 is 26.8 Å². The lowest BCUT2D eigenvalue weighted by atomic mass is 10.2. The molecule has 3 nitrogen and oxygen atoms in total. The Bertz CT molecular complexity index is 424. The van der Waals surface area contributed by atoms with E-state index in [1.54, 1.807) is 0 Å². The Labute approximate surface area is 84.2 Å². The van der Waals surface area contributed by atoms with Gasteiger partial charge in [0.15, 0.2) is 0 Å². The summed E-state index contributed by atoms with van der Waals surface area (Å²) in [5.41, 5.74) is 0.992. The topological polar surface area (TPSA) is 37.9 Å². The van der Waals surface area contributed by atoms with Crippen LogP contribution in [0.1, 0.15) is 6.92 Å². The van der Waals surface area contributed by atoms with Crippen LogP contribution in [0.2, 0.25) is 0 Å². The number of aromatic nitrogens is 2. The monoisotopic (exact) mass is 240 g/mol. The molecule has 2 aromatic rings. The molecule has 0 fully saturated rings. The van der Waals surface area contributed by atoms with Gasteiger partial charge in [0.25, 0.3) is 0 Å². The molecule has 1 aromatic carbocycles. The normalized spacial score (nSPS) is 10.6. The highest BCUT2D eigenvalue weighted by molar-refractivity contribution is 9.10. The lowest BCUT2D eigenvalue weighted by molar-refractivity contribution is 0.330. The minimum absolute atomic E-state index is 0.631. The van der Waals surface area contributed by atoms with Crippen LogP contribution in [0, 0.1) is 0 Å². The van der Waals surface area contributed by atoms with Gasteiger partial charge in [-0.3, -0.25) is 5.10 Å². The Morgan fingerprint density at radius 3 is 3.15 bits per heavy atom. The van der Waals surface area contributed by atoms with Gasteiger partial charge in [-0.25, -0.2) is 0 Å². The Kier molecular flexibility index (Phi) is 2.22. The fraction of sp³-hybridized carbons (Fsp3) is 0.222. The zero-order valence-electron chi connectivity index (χ0n) is 7.17. The highest BCUT2D eigenvalue weighted by Gasteiger charge is 2.05. The lowest BCUT2D eigenvalue weighted by Gasteiger charge is -1.97. The van der Waals surface area contributed by atoms with Crippen LogP contribution in [0.3, 0.4) is 0 Å². The van der Waals surface area contributed by atoms with Gasteiger partial charge < -0.3 is 4.74 Å². The third-order valence-electron chi connectivity index (χ3n) is 1.77. The predicted molar refractivity (Wildman–Crippen MR) is 55.0 cm³/mol. The van der Waals surface area contributed by atoms with Gasteiger partial charge >= 0.3 is 0 Å². The van der Waals surface area contributed by atoms with Crippen LogP contribution in [0.4, 0.5) is 0 Å². The Morgan fingerprint density at radius 1 is 1.54 bits per heavy atom. The number of ether oxygens (including phenoxy) is 1. The molecule has 0 aliphatic rings. The standard InChI is InChI=1S/C9H9BrN2O/c1-2-13-9-7-5-6(10)3-4-8(7)11-12-9/h3-5H,2H2,1H3,(H,11,12). The first-order chi connectivity index (χ1) is 6.31. The third-order valence-corrected chi connectivity index (χ3v) is 2.26. The minimum Gasteiger partial charge on any atom is -0.476 e. The molecule has 68 valence electrons. The summed E-state index contributed by atoms with van der Waals surface area (Å²) in [4.78, 5) is 0. The summed E-state index contributed by atoms with van der Waals surface area (Å²) in [6.07, 6.45) is 0. The van der Waals surface area contributed by atoms with Crippen molar-refractivity contribution in [3.8, 4) is 5.88 Å². The first-order valence-corrected chi connectivity index (χ1v) is 4.87. The number of fused-ring (bicyclic) bond motifs is 1. The Hall–Kier alpha value is -1.03. The van der Waals surface area contributed by atoms with E-state index in [1.165, 1.54) is 0 Å². The molecule has 0 bridgehead atoms. The van der Waals surface area contributed by atoms with Crippen LogP contribution >= 0.6 is 15.9 Å². The van der Waals surface area contributed by atoms with Crippen molar-refractivity contribution in [2.75, 3.05) is 6.61 Å². The number of nitrogens with one attached hydrogen (secondary N) is 1. The maximum Gasteiger partial charge on any atom is 0.240 e. The largest absolute Gasteiger partial charge is 0.476 e. The molecular formula is C9H9BrN2O. The van der Waals surface area contributed by atoms with E-state index in [0.717, 1.165) is 15.4 Å². The van der Waals surface area contributed by atoms with Crippen molar-refractivity contribution in [1.82, 2.24) is 10.2 Å². The summed E-state index contributed by atoms with van der Waals surface area (Å²) in [5, 5.41) is 7.97. The minimum atomic E-state index is 0.631. The van der Waals surface area contributed by atoms with Crippen molar-refractivity contribution in [2.45, 2.75) is 6.92 Å². The van der Waals surface area contributed by atoms with E-state index in [4.69, 9.17) is 4.74 Å². The van der Waals surface area contributed by atoms with E-state index < -0.39 is 0 Å². The summed E-state index contributed by atoms with van der Waals surface area (Å²) in [7, 11) is 0. The van der Waals surface area contributed by atoms with Crippen LogP contribution in [0.25, 0.3) is 10.9 Å². The zero-order chi connectivity index (χ0) is 9.26. The number of rotatable bonds is 2.